The first kappa shape index (κ1) is 10.1. The molecule has 68 valence electrons. The number of aromatic nitrogens is 1. The first-order valence-corrected chi connectivity index (χ1v) is 4.20. The maximum atomic E-state index is 12.3. The zero-order valence-corrected chi connectivity index (χ0v) is 8.27. The molecule has 0 saturated heterocycles. The van der Waals surface area contributed by atoms with Crippen molar-refractivity contribution in [2.45, 2.75) is 13.3 Å². The van der Waals surface area contributed by atoms with Crippen LogP contribution in [0.5, 0.6) is 0 Å². The fraction of sp³-hybridized carbons (Fsp3) is 0.250. The Morgan fingerprint density at radius 2 is 2.23 bits per heavy atom. The molecule has 1 aromatic heterocycles. The topological polar surface area (TPSA) is 36.7 Å². The van der Waals surface area contributed by atoms with Gasteiger partial charge in [-0.2, -0.15) is 5.26 Å². The van der Waals surface area contributed by atoms with Crippen molar-refractivity contribution in [3.05, 3.63) is 27.5 Å². The van der Waals surface area contributed by atoms with Crippen LogP contribution < -0.4 is 0 Å². The van der Waals surface area contributed by atoms with E-state index in [2.05, 4.69) is 20.9 Å². The third kappa shape index (κ3) is 1.83. The van der Waals surface area contributed by atoms with Crippen LogP contribution >= 0.6 is 15.9 Å². The van der Waals surface area contributed by atoms with Gasteiger partial charge in [0.1, 0.15) is 6.07 Å². The molecule has 1 aromatic rings. The smallest absolute Gasteiger partial charge is 0.260 e. The average molecular weight is 247 g/mol. The molecule has 0 spiro atoms. The summed E-state index contributed by atoms with van der Waals surface area (Å²) in [7, 11) is 0. The Balaban J connectivity index is 3.38. The third-order valence-corrected chi connectivity index (χ3v) is 2.43. The first-order valence-electron chi connectivity index (χ1n) is 3.41. The van der Waals surface area contributed by atoms with Gasteiger partial charge in [0, 0.05) is 10.7 Å². The van der Waals surface area contributed by atoms with Gasteiger partial charge in [0.25, 0.3) is 6.43 Å². The van der Waals surface area contributed by atoms with Gasteiger partial charge < -0.3 is 0 Å². The van der Waals surface area contributed by atoms with E-state index in [0.717, 1.165) is 6.20 Å². The molecule has 1 rings (SSSR count). The zero-order valence-electron chi connectivity index (χ0n) is 6.68. The molecule has 0 aliphatic rings. The molecule has 0 aliphatic carbocycles. The van der Waals surface area contributed by atoms with Gasteiger partial charge in [-0.25, -0.2) is 8.78 Å². The second-order valence-corrected chi connectivity index (χ2v) is 3.19. The van der Waals surface area contributed by atoms with Gasteiger partial charge in [0.05, 0.1) is 16.8 Å². The maximum absolute atomic E-state index is 12.3. The Morgan fingerprint density at radius 1 is 1.62 bits per heavy atom. The molecule has 0 unspecified atom stereocenters. The Kier molecular flexibility index (Phi) is 2.94. The molecular weight excluding hydrogens is 242 g/mol. The standard InChI is InChI=1S/C8H5BrF2N2/c1-4-5(2-12)7(9)6(3-13-4)8(10)11/h3,8H,1H3. The normalized spacial score (nSPS) is 10.2. The van der Waals surface area contributed by atoms with Crippen LogP contribution in [-0.2, 0) is 0 Å². The lowest BCUT2D eigenvalue weighted by atomic mass is 10.1. The highest BCUT2D eigenvalue weighted by Gasteiger charge is 2.16. The van der Waals surface area contributed by atoms with Crippen molar-refractivity contribution in [3.63, 3.8) is 0 Å². The van der Waals surface area contributed by atoms with Crippen LogP contribution in [0.4, 0.5) is 8.78 Å². The summed E-state index contributed by atoms with van der Waals surface area (Å²) in [6, 6.07) is 1.82. The van der Waals surface area contributed by atoms with Gasteiger partial charge in [-0.05, 0) is 22.9 Å². The molecule has 0 saturated carbocycles. The zero-order chi connectivity index (χ0) is 10.0. The highest BCUT2D eigenvalue weighted by atomic mass is 79.9. The monoisotopic (exact) mass is 246 g/mol. The molecule has 0 atom stereocenters. The quantitative estimate of drug-likeness (QED) is 0.764. The van der Waals surface area contributed by atoms with Gasteiger partial charge in [-0.3, -0.25) is 4.98 Å². The van der Waals surface area contributed by atoms with Gasteiger partial charge in [0.2, 0.25) is 0 Å². The molecule has 2 nitrogen and oxygen atoms in total. The lowest BCUT2D eigenvalue weighted by molar-refractivity contribution is 0.150. The van der Waals surface area contributed by atoms with Gasteiger partial charge in [-0.15, -0.1) is 0 Å². The predicted octanol–water partition coefficient (Wildman–Crippen LogP) is 2.96. The van der Waals surface area contributed by atoms with Crippen LogP contribution in [0.1, 0.15) is 23.2 Å². The van der Waals surface area contributed by atoms with E-state index in [9.17, 15) is 8.78 Å². The fourth-order valence-corrected chi connectivity index (χ4v) is 1.52. The first-order chi connectivity index (χ1) is 6.07. The van der Waals surface area contributed by atoms with E-state index in [1.807, 2.05) is 6.07 Å². The average Bonchev–Trinajstić information content (AvgIpc) is 2.04. The molecule has 0 bridgehead atoms. The molecule has 0 aromatic carbocycles. The summed E-state index contributed by atoms with van der Waals surface area (Å²) in [6.45, 7) is 1.60. The maximum Gasteiger partial charge on any atom is 0.266 e. The van der Waals surface area contributed by atoms with E-state index in [-0.39, 0.29) is 15.6 Å². The van der Waals surface area contributed by atoms with Gasteiger partial charge >= 0.3 is 0 Å². The van der Waals surface area contributed by atoms with Crippen LogP contribution in [0.3, 0.4) is 0 Å². The Morgan fingerprint density at radius 3 is 2.69 bits per heavy atom. The summed E-state index contributed by atoms with van der Waals surface area (Å²) in [5.41, 5.74) is 0.360. The van der Waals surface area contributed by atoms with Crippen LogP contribution in [0, 0.1) is 18.3 Å². The summed E-state index contributed by atoms with van der Waals surface area (Å²) >= 11 is 2.95. The van der Waals surface area contributed by atoms with Gasteiger partial charge in [0.15, 0.2) is 0 Å². The molecule has 0 fully saturated rings. The van der Waals surface area contributed by atoms with Crippen molar-refractivity contribution < 1.29 is 8.78 Å². The van der Waals surface area contributed by atoms with E-state index in [1.165, 1.54) is 0 Å². The Bertz CT molecular complexity index is 371. The number of aryl methyl sites for hydroxylation is 1. The predicted molar refractivity (Wildman–Crippen MR) is 46.3 cm³/mol. The molecular formula is C8H5BrF2N2. The number of hydrogen-bond acceptors (Lipinski definition) is 2. The summed E-state index contributed by atoms with van der Waals surface area (Å²) < 4.78 is 24.7. The minimum atomic E-state index is -2.62. The van der Waals surface area contributed by atoms with E-state index < -0.39 is 6.43 Å². The molecule has 13 heavy (non-hydrogen) atoms. The van der Waals surface area contributed by atoms with Gasteiger partial charge in [-0.1, -0.05) is 0 Å². The lowest BCUT2D eigenvalue weighted by Gasteiger charge is -2.05. The highest BCUT2D eigenvalue weighted by molar-refractivity contribution is 9.10. The van der Waals surface area contributed by atoms with Crippen molar-refractivity contribution in [3.8, 4) is 6.07 Å². The van der Waals surface area contributed by atoms with Crippen molar-refractivity contribution in [1.29, 1.82) is 5.26 Å². The number of halogens is 3. The Labute approximate surface area is 82.3 Å². The summed E-state index contributed by atoms with van der Waals surface area (Å²) in [6.07, 6.45) is -1.54. The molecule has 0 radical (unpaired) electrons. The van der Waals surface area contributed by atoms with Crippen LogP contribution in [0.25, 0.3) is 0 Å². The van der Waals surface area contributed by atoms with Crippen molar-refractivity contribution in [1.82, 2.24) is 4.98 Å². The number of hydrogen-bond donors (Lipinski definition) is 0. The molecule has 1 heterocycles. The second kappa shape index (κ2) is 3.79. The summed E-state index contributed by atoms with van der Waals surface area (Å²) in [5.74, 6) is 0. The third-order valence-electron chi connectivity index (χ3n) is 1.58. The number of pyridine rings is 1. The van der Waals surface area contributed by atoms with E-state index in [4.69, 9.17) is 5.26 Å². The van der Waals surface area contributed by atoms with Crippen LogP contribution in [0.15, 0.2) is 10.7 Å². The number of nitrogens with zero attached hydrogens (tertiary/aromatic N) is 2. The fourth-order valence-electron chi connectivity index (χ4n) is 0.873. The van der Waals surface area contributed by atoms with Crippen LogP contribution in [-0.4, -0.2) is 4.98 Å². The molecule has 0 N–H and O–H groups in total. The second-order valence-electron chi connectivity index (χ2n) is 2.40. The molecule has 0 aliphatic heterocycles. The SMILES string of the molecule is Cc1ncc(C(F)F)c(Br)c1C#N. The van der Waals surface area contributed by atoms with Crippen molar-refractivity contribution in [2.75, 3.05) is 0 Å². The number of nitriles is 1. The van der Waals surface area contributed by atoms with E-state index in [1.54, 1.807) is 6.92 Å². The number of rotatable bonds is 1. The van der Waals surface area contributed by atoms with Crippen LogP contribution in [0.2, 0.25) is 0 Å². The largest absolute Gasteiger partial charge is 0.266 e. The highest BCUT2D eigenvalue weighted by Crippen LogP contribution is 2.30. The van der Waals surface area contributed by atoms with E-state index in [0.29, 0.717) is 5.69 Å². The lowest BCUT2D eigenvalue weighted by Crippen LogP contribution is -1.95. The number of alkyl halides is 2. The summed E-state index contributed by atoms with van der Waals surface area (Å²) in [4.78, 5) is 3.70. The molecule has 5 heteroatoms. The van der Waals surface area contributed by atoms with E-state index >= 15 is 0 Å². The summed E-state index contributed by atoms with van der Waals surface area (Å²) in [5, 5.41) is 8.64. The minimum Gasteiger partial charge on any atom is -0.260 e. The van der Waals surface area contributed by atoms with Crippen molar-refractivity contribution >= 4 is 15.9 Å². The Hall–Kier alpha value is -1.02. The van der Waals surface area contributed by atoms with Crippen molar-refractivity contribution in [2.24, 2.45) is 0 Å². The minimum absolute atomic E-state index is 0.137. The molecule has 0 amide bonds.